The second kappa shape index (κ2) is 6.91. The van der Waals surface area contributed by atoms with Crippen LogP contribution in [0.15, 0.2) is 0 Å². The van der Waals surface area contributed by atoms with Gasteiger partial charge in [0.15, 0.2) is 0 Å². The SMILES string of the molecule is Cc1nn(C)c(N(C)CCN(C)C)c1CNC(C)C. The fraction of sp³-hybridized carbons (Fsp3) is 0.786. The van der Waals surface area contributed by atoms with Crippen LogP contribution in [0.3, 0.4) is 0 Å². The summed E-state index contributed by atoms with van der Waals surface area (Å²) in [5.41, 5.74) is 2.42. The Morgan fingerprint density at radius 3 is 2.37 bits per heavy atom. The Labute approximate surface area is 117 Å². The van der Waals surface area contributed by atoms with Crippen LogP contribution in [0.2, 0.25) is 0 Å². The number of aryl methyl sites for hydroxylation is 2. The first-order valence-corrected chi connectivity index (χ1v) is 6.94. The number of hydrogen-bond acceptors (Lipinski definition) is 4. The maximum atomic E-state index is 4.56. The summed E-state index contributed by atoms with van der Waals surface area (Å²) in [4.78, 5) is 4.49. The van der Waals surface area contributed by atoms with Crippen LogP contribution in [0.1, 0.15) is 25.1 Å². The van der Waals surface area contributed by atoms with Gasteiger partial charge in [-0.3, -0.25) is 4.68 Å². The Morgan fingerprint density at radius 2 is 1.84 bits per heavy atom. The maximum absolute atomic E-state index is 4.56. The standard InChI is InChI=1S/C14H29N5/c1-11(2)15-10-13-12(3)16-19(7)14(13)18(6)9-8-17(4)5/h11,15H,8-10H2,1-7H3. The summed E-state index contributed by atoms with van der Waals surface area (Å²) in [6.45, 7) is 9.33. The molecule has 5 nitrogen and oxygen atoms in total. The van der Waals surface area contributed by atoms with E-state index in [0.717, 1.165) is 25.3 Å². The molecular weight excluding hydrogens is 238 g/mol. The van der Waals surface area contributed by atoms with Crippen molar-refractivity contribution in [2.45, 2.75) is 33.4 Å². The van der Waals surface area contributed by atoms with Crippen LogP contribution < -0.4 is 10.2 Å². The molecule has 0 bridgehead atoms. The molecule has 1 aromatic heterocycles. The Balaban J connectivity index is 2.85. The lowest BCUT2D eigenvalue weighted by Crippen LogP contribution is -2.31. The van der Waals surface area contributed by atoms with Gasteiger partial charge in [-0.05, 0) is 21.0 Å². The Kier molecular flexibility index (Phi) is 5.82. The number of anilines is 1. The number of rotatable bonds is 7. The molecule has 0 amide bonds. The second-order valence-corrected chi connectivity index (χ2v) is 5.77. The van der Waals surface area contributed by atoms with Gasteiger partial charge in [-0.15, -0.1) is 0 Å². The second-order valence-electron chi connectivity index (χ2n) is 5.77. The average Bonchev–Trinajstić information content (AvgIpc) is 2.58. The summed E-state index contributed by atoms with van der Waals surface area (Å²) in [5, 5.41) is 8.04. The monoisotopic (exact) mass is 267 g/mol. The largest absolute Gasteiger partial charge is 0.358 e. The number of nitrogens with zero attached hydrogens (tertiary/aromatic N) is 4. The third-order valence-corrected chi connectivity index (χ3v) is 3.24. The molecule has 0 saturated carbocycles. The van der Waals surface area contributed by atoms with Crippen LogP contribution in [0, 0.1) is 6.92 Å². The van der Waals surface area contributed by atoms with E-state index in [9.17, 15) is 0 Å². The number of hydrogen-bond donors (Lipinski definition) is 1. The topological polar surface area (TPSA) is 36.3 Å². The molecular formula is C14H29N5. The van der Waals surface area contributed by atoms with Gasteiger partial charge in [0.05, 0.1) is 5.69 Å². The molecule has 1 rings (SSSR count). The molecule has 1 aromatic rings. The van der Waals surface area contributed by atoms with Crippen molar-refractivity contribution in [1.82, 2.24) is 20.0 Å². The Hall–Kier alpha value is -1.07. The molecule has 0 radical (unpaired) electrons. The van der Waals surface area contributed by atoms with E-state index < -0.39 is 0 Å². The minimum absolute atomic E-state index is 0.486. The minimum Gasteiger partial charge on any atom is -0.358 e. The van der Waals surface area contributed by atoms with Crippen molar-refractivity contribution in [1.29, 1.82) is 0 Å². The molecule has 1 N–H and O–H groups in total. The third-order valence-electron chi connectivity index (χ3n) is 3.24. The van der Waals surface area contributed by atoms with Crippen molar-refractivity contribution >= 4 is 5.82 Å². The van der Waals surface area contributed by atoms with Crippen LogP contribution in [-0.2, 0) is 13.6 Å². The van der Waals surface area contributed by atoms with E-state index in [1.54, 1.807) is 0 Å². The number of likely N-dealkylation sites (N-methyl/N-ethyl adjacent to an activating group) is 2. The molecule has 0 aliphatic carbocycles. The Bertz CT molecular complexity index is 395. The number of aromatic nitrogens is 2. The van der Waals surface area contributed by atoms with Gasteiger partial charge in [0.1, 0.15) is 5.82 Å². The van der Waals surface area contributed by atoms with Crippen molar-refractivity contribution in [3.8, 4) is 0 Å². The highest BCUT2D eigenvalue weighted by Crippen LogP contribution is 2.22. The molecule has 0 aliphatic rings. The van der Waals surface area contributed by atoms with Crippen molar-refractivity contribution in [3.63, 3.8) is 0 Å². The van der Waals surface area contributed by atoms with Crippen molar-refractivity contribution in [3.05, 3.63) is 11.3 Å². The molecule has 5 heteroatoms. The molecule has 0 saturated heterocycles. The van der Waals surface area contributed by atoms with Crippen molar-refractivity contribution in [2.75, 3.05) is 39.1 Å². The summed E-state index contributed by atoms with van der Waals surface area (Å²) in [6.07, 6.45) is 0. The zero-order chi connectivity index (χ0) is 14.6. The predicted octanol–water partition coefficient (Wildman–Crippen LogP) is 1.22. The fourth-order valence-corrected chi connectivity index (χ4v) is 2.14. The van der Waals surface area contributed by atoms with Gasteiger partial charge in [-0.1, -0.05) is 13.8 Å². The van der Waals surface area contributed by atoms with Crippen LogP contribution in [-0.4, -0.2) is 55.0 Å². The van der Waals surface area contributed by atoms with E-state index >= 15 is 0 Å². The minimum atomic E-state index is 0.486. The molecule has 110 valence electrons. The van der Waals surface area contributed by atoms with Gasteiger partial charge < -0.3 is 15.1 Å². The lowest BCUT2D eigenvalue weighted by molar-refractivity contribution is 0.415. The zero-order valence-corrected chi connectivity index (χ0v) is 13.5. The molecule has 0 unspecified atom stereocenters. The average molecular weight is 267 g/mol. The van der Waals surface area contributed by atoms with E-state index in [1.165, 1.54) is 11.4 Å². The van der Waals surface area contributed by atoms with Crippen LogP contribution >= 0.6 is 0 Å². The normalized spacial score (nSPS) is 11.6. The summed E-state index contributed by atoms with van der Waals surface area (Å²) < 4.78 is 1.99. The smallest absolute Gasteiger partial charge is 0.131 e. The summed E-state index contributed by atoms with van der Waals surface area (Å²) in [7, 11) is 8.36. The van der Waals surface area contributed by atoms with E-state index in [2.05, 4.69) is 62.1 Å². The summed E-state index contributed by atoms with van der Waals surface area (Å²) >= 11 is 0. The van der Waals surface area contributed by atoms with Crippen LogP contribution in [0.5, 0.6) is 0 Å². The van der Waals surface area contributed by atoms with Gasteiger partial charge >= 0.3 is 0 Å². The molecule has 19 heavy (non-hydrogen) atoms. The molecule has 0 spiro atoms. The van der Waals surface area contributed by atoms with Gasteiger partial charge in [0, 0.05) is 45.3 Å². The lowest BCUT2D eigenvalue weighted by Gasteiger charge is -2.23. The third kappa shape index (κ3) is 4.51. The van der Waals surface area contributed by atoms with E-state index in [-0.39, 0.29) is 0 Å². The van der Waals surface area contributed by atoms with Gasteiger partial charge in [-0.25, -0.2) is 0 Å². The van der Waals surface area contributed by atoms with Crippen molar-refractivity contribution < 1.29 is 0 Å². The zero-order valence-electron chi connectivity index (χ0n) is 13.5. The fourth-order valence-electron chi connectivity index (χ4n) is 2.14. The Morgan fingerprint density at radius 1 is 1.21 bits per heavy atom. The predicted molar refractivity (Wildman–Crippen MR) is 81.7 cm³/mol. The van der Waals surface area contributed by atoms with E-state index in [1.807, 2.05) is 11.7 Å². The highest BCUT2D eigenvalue weighted by atomic mass is 15.4. The molecule has 0 aliphatic heterocycles. The van der Waals surface area contributed by atoms with E-state index in [4.69, 9.17) is 0 Å². The maximum Gasteiger partial charge on any atom is 0.131 e. The van der Waals surface area contributed by atoms with E-state index in [0.29, 0.717) is 6.04 Å². The first-order valence-electron chi connectivity index (χ1n) is 6.94. The highest BCUT2D eigenvalue weighted by Gasteiger charge is 2.16. The van der Waals surface area contributed by atoms with Gasteiger partial charge in [0.2, 0.25) is 0 Å². The molecule has 0 atom stereocenters. The highest BCUT2D eigenvalue weighted by molar-refractivity contribution is 5.49. The molecule has 0 aromatic carbocycles. The molecule has 0 fully saturated rings. The summed E-state index contributed by atoms with van der Waals surface area (Å²) in [6, 6.07) is 0.486. The van der Waals surface area contributed by atoms with Crippen molar-refractivity contribution in [2.24, 2.45) is 7.05 Å². The first-order chi connectivity index (χ1) is 8.82. The lowest BCUT2D eigenvalue weighted by atomic mass is 10.2. The van der Waals surface area contributed by atoms with Crippen LogP contribution in [0.4, 0.5) is 5.82 Å². The van der Waals surface area contributed by atoms with Gasteiger partial charge in [-0.2, -0.15) is 5.10 Å². The van der Waals surface area contributed by atoms with Crippen LogP contribution in [0.25, 0.3) is 0 Å². The van der Waals surface area contributed by atoms with Gasteiger partial charge in [0.25, 0.3) is 0 Å². The first kappa shape index (κ1) is 16.0. The summed E-state index contributed by atoms with van der Waals surface area (Å²) in [5.74, 6) is 1.22. The molecule has 1 heterocycles. The quantitative estimate of drug-likeness (QED) is 0.806. The number of nitrogens with one attached hydrogen (secondary N) is 1.